The summed E-state index contributed by atoms with van der Waals surface area (Å²) >= 11 is 1.57. The number of carbonyl (C=O) groups is 1. The van der Waals surface area contributed by atoms with Gasteiger partial charge in [-0.25, -0.2) is 0 Å². The molecular weight excluding hydrogens is 262 g/mol. The third-order valence-electron chi connectivity index (χ3n) is 3.26. The van der Waals surface area contributed by atoms with Crippen molar-refractivity contribution in [3.8, 4) is 10.6 Å². The van der Waals surface area contributed by atoms with E-state index >= 15 is 0 Å². The van der Waals surface area contributed by atoms with Crippen molar-refractivity contribution in [1.29, 1.82) is 0 Å². The highest BCUT2D eigenvalue weighted by atomic mass is 32.1. The molecule has 0 aromatic carbocycles. The molecule has 3 heterocycles. The average Bonchev–Trinajstić information content (AvgIpc) is 3.09. The molecule has 1 fully saturated rings. The van der Waals surface area contributed by atoms with Crippen LogP contribution in [0.3, 0.4) is 0 Å². The van der Waals surface area contributed by atoms with Crippen molar-refractivity contribution >= 4 is 17.2 Å². The van der Waals surface area contributed by atoms with Crippen LogP contribution < -0.4 is 5.32 Å². The van der Waals surface area contributed by atoms with Gasteiger partial charge in [-0.1, -0.05) is 11.2 Å². The van der Waals surface area contributed by atoms with Crippen molar-refractivity contribution in [3.63, 3.8) is 0 Å². The maximum atomic E-state index is 12.4. The molecule has 1 amide bonds. The summed E-state index contributed by atoms with van der Waals surface area (Å²) in [5, 5.41) is 9.13. The maximum absolute atomic E-state index is 12.4. The largest absolute Gasteiger partial charge is 0.355 e. The summed E-state index contributed by atoms with van der Waals surface area (Å²) in [7, 11) is 0. The monoisotopic (exact) mass is 277 g/mol. The average molecular weight is 277 g/mol. The zero-order valence-corrected chi connectivity index (χ0v) is 11.4. The van der Waals surface area contributed by atoms with Crippen LogP contribution >= 0.6 is 11.3 Å². The van der Waals surface area contributed by atoms with E-state index in [1.54, 1.807) is 17.4 Å². The number of nitrogens with one attached hydrogen (secondary N) is 1. The van der Waals surface area contributed by atoms with Crippen LogP contribution in [0.2, 0.25) is 0 Å². The predicted octanol–water partition coefficient (Wildman–Crippen LogP) is 1.84. The highest BCUT2D eigenvalue weighted by Gasteiger charge is 2.26. The summed E-state index contributed by atoms with van der Waals surface area (Å²) < 4.78 is 5.25. The van der Waals surface area contributed by atoms with Crippen molar-refractivity contribution in [2.45, 2.75) is 13.0 Å². The molecule has 1 aliphatic heterocycles. The van der Waals surface area contributed by atoms with Gasteiger partial charge in [0.05, 0.1) is 4.88 Å². The molecule has 0 bridgehead atoms. The van der Waals surface area contributed by atoms with Crippen molar-refractivity contribution in [3.05, 3.63) is 29.3 Å². The van der Waals surface area contributed by atoms with Crippen molar-refractivity contribution in [2.75, 3.05) is 19.6 Å². The fourth-order valence-corrected chi connectivity index (χ4v) is 2.87. The second-order valence-corrected chi connectivity index (χ2v) is 5.55. The second-order valence-electron chi connectivity index (χ2n) is 4.61. The third kappa shape index (κ3) is 2.41. The smallest absolute Gasteiger partial charge is 0.276 e. The fraction of sp³-hybridized carbons (Fsp3) is 0.385. The van der Waals surface area contributed by atoms with Gasteiger partial charge in [0, 0.05) is 31.7 Å². The van der Waals surface area contributed by atoms with Gasteiger partial charge in [0.1, 0.15) is 0 Å². The molecule has 19 heavy (non-hydrogen) atoms. The summed E-state index contributed by atoms with van der Waals surface area (Å²) in [6.45, 7) is 4.39. The van der Waals surface area contributed by atoms with Gasteiger partial charge in [0.2, 0.25) is 0 Å². The normalized spacial score (nSPS) is 19.6. The van der Waals surface area contributed by atoms with Crippen molar-refractivity contribution in [1.82, 2.24) is 15.4 Å². The van der Waals surface area contributed by atoms with Gasteiger partial charge in [-0.05, 0) is 18.4 Å². The SMILES string of the molecule is C[C@H]1CNCCN1C(=O)c1cc(-c2cccs2)on1. The minimum Gasteiger partial charge on any atom is -0.355 e. The van der Waals surface area contributed by atoms with Gasteiger partial charge in [0.25, 0.3) is 5.91 Å². The van der Waals surface area contributed by atoms with Crippen LogP contribution in [-0.4, -0.2) is 41.6 Å². The van der Waals surface area contributed by atoms with Crippen molar-refractivity contribution < 1.29 is 9.32 Å². The Bertz CT molecular complexity index is 564. The number of hydrogen-bond donors (Lipinski definition) is 1. The van der Waals surface area contributed by atoms with Crippen molar-refractivity contribution in [2.24, 2.45) is 0 Å². The van der Waals surface area contributed by atoms with Crippen LogP contribution in [-0.2, 0) is 0 Å². The van der Waals surface area contributed by atoms with Gasteiger partial charge in [-0.2, -0.15) is 0 Å². The van der Waals surface area contributed by atoms with Crippen LogP contribution in [0.4, 0.5) is 0 Å². The topological polar surface area (TPSA) is 58.4 Å². The number of hydrogen-bond acceptors (Lipinski definition) is 5. The lowest BCUT2D eigenvalue weighted by atomic mass is 10.2. The van der Waals surface area contributed by atoms with Gasteiger partial charge >= 0.3 is 0 Å². The molecule has 0 unspecified atom stereocenters. The summed E-state index contributed by atoms with van der Waals surface area (Å²) in [6, 6.07) is 5.81. The highest BCUT2D eigenvalue weighted by Crippen LogP contribution is 2.25. The van der Waals surface area contributed by atoms with E-state index in [-0.39, 0.29) is 11.9 Å². The molecule has 1 atom stereocenters. The summed E-state index contributed by atoms with van der Waals surface area (Å²) in [5.41, 5.74) is 0.386. The van der Waals surface area contributed by atoms with Crippen LogP contribution in [0.25, 0.3) is 10.6 Å². The Hall–Kier alpha value is -1.66. The molecule has 0 aliphatic carbocycles. The highest BCUT2D eigenvalue weighted by molar-refractivity contribution is 7.13. The Morgan fingerprint density at radius 1 is 1.63 bits per heavy atom. The Kier molecular flexibility index (Phi) is 3.35. The number of carbonyl (C=O) groups excluding carboxylic acids is 1. The van der Waals surface area contributed by atoms with E-state index in [0.29, 0.717) is 18.0 Å². The van der Waals surface area contributed by atoms with Crippen LogP contribution in [0.15, 0.2) is 28.1 Å². The Morgan fingerprint density at radius 2 is 2.53 bits per heavy atom. The molecule has 2 aromatic rings. The molecule has 0 radical (unpaired) electrons. The first-order valence-corrected chi connectivity index (χ1v) is 7.16. The molecule has 0 saturated carbocycles. The molecule has 6 heteroatoms. The predicted molar refractivity (Wildman–Crippen MR) is 73.2 cm³/mol. The Balaban J connectivity index is 1.80. The standard InChI is InChI=1S/C13H15N3O2S/c1-9-8-14-4-5-16(9)13(17)10-7-11(18-15-10)12-3-2-6-19-12/h2-3,6-7,9,14H,4-5,8H2,1H3/t9-/m0/s1. The maximum Gasteiger partial charge on any atom is 0.276 e. The lowest BCUT2D eigenvalue weighted by molar-refractivity contribution is 0.0645. The number of thiophene rings is 1. The van der Waals surface area contributed by atoms with E-state index in [9.17, 15) is 4.79 Å². The molecule has 5 nitrogen and oxygen atoms in total. The number of amides is 1. The van der Waals surface area contributed by atoms with Gasteiger partial charge in [-0.15, -0.1) is 11.3 Å². The van der Waals surface area contributed by atoms with E-state index in [2.05, 4.69) is 10.5 Å². The zero-order chi connectivity index (χ0) is 13.2. The molecule has 100 valence electrons. The van der Waals surface area contributed by atoms with E-state index in [0.717, 1.165) is 18.0 Å². The minimum atomic E-state index is -0.0550. The van der Waals surface area contributed by atoms with E-state index in [1.807, 2.05) is 29.3 Å². The molecular formula is C13H15N3O2S. The number of rotatable bonds is 2. The number of piperazine rings is 1. The number of nitrogens with zero attached hydrogens (tertiary/aromatic N) is 2. The molecule has 3 rings (SSSR count). The van der Waals surface area contributed by atoms with Crippen LogP contribution in [0.1, 0.15) is 17.4 Å². The lowest BCUT2D eigenvalue weighted by Crippen LogP contribution is -2.52. The third-order valence-corrected chi connectivity index (χ3v) is 4.14. The van der Waals surface area contributed by atoms with Gasteiger partial charge in [0.15, 0.2) is 11.5 Å². The molecule has 1 aliphatic rings. The van der Waals surface area contributed by atoms with E-state index in [4.69, 9.17) is 4.52 Å². The second kappa shape index (κ2) is 5.14. The zero-order valence-electron chi connectivity index (χ0n) is 10.6. The molecule has 1 N–H and O–H groups in total. The number of aromatic nitrogens is 1. The first kappa shape index (κ1) is 12.4. The van der Waals surface area contributed by atoms with Gasteiger partial charge in [-0.3, -0.25) is 4.79 Å². The summed E-state index contributed by atoms with van der Waals surface area (Å²) in [5.74, 6) is 0.599. The molecule has 1 saturated heterocycles. The fourth-order valence-electron chi connectivity index (χ4n) is 2.20. The summed E-state index contributed by atoms with van der Waals surface area (Å²) in [4.78, 5) is 15.2. The van der Waals surface area contributed by atoms with Gasteiger partial charge < -0.3 is 14.7 Å². The first-order valence-electron chi connectivity index (χ1n) is 6.28. The Morgan fingerprint density at radius 3 is 3.26 bits per heavy atom. The molecule has 0 spiro atoms. The molecule has 2 aromatic heterocycles. The lowest BCUT2D eigenvalue weighted by Gasteiger charge is -2.33. The van der Waals surface area contributed by atoms with Crippen LogP contribution in [0, 0.1) is 0 Å². The quantitative estimate of drug-likeness (QED) is 0.910. The van der Waals surface area contributed by atoms with Crippen LogP contribution in [0.5, 0.6) is 0 Å². The minimum absolute atomic E-state index is 0.0550. The first-order chi connectivity index (χ1) is 9.25. The Labute approximate surface area is 115 Å². The summed E-state index contributed by atoms with van der Waals surface area (Å²) in [6.07, 6.45) is 0. The van der Waals surface area contributed by atoms with E-state index in [1.165, 1.54) is 0 Å². The van der Waals surface area contributed by atoms with E-state index < -0.39 is 0 Å².